The highest BCUT2D eigenvalue weighted by Gasteiger charge is 2.21. The average Bonchev–Trinajstić information content (AvgIpc) is 3.26. The highest BCUT2D eigenvalue weighted by atomic mass is 32.2. The molecule has 5 nitrogen and oxygen atoms in total. The fraction of sp³-hybridized carbons (Fsp3) is 0.316. The summed E-state index contributed by atoms with van der Waals surface area (Å²) >= 11 is 3.26. The highest BCUT2D eigenvalue weighted by Crippen LogP contribution is 2.39. The van der Waals surface area contributed by atoms with Crippen molar-refractivity contribution in [2.45, 2.75) is 30.8 Å². The van der Waals surface area contributed by atoms with Gasteiger partial charge in [-0.1, -0.05) is 23.9 Å². The van der Waals surface area contributed by atoms with Gasteiger partial charge in [-0.2, -0.15) is 0 Å². The molecule has 1 N–H and O–H groups in total. The summed E-state index contributed by atoms with van der Waals surface area (Å²) in [5, 5.41) is 5.05. The summed E-state index contributed by atoms with van der Waals surface area (Å²) in [6.07, 6.45) is 5.05. The van der Waals surface area contributed by atoms with E-state index in [9.17, 15) is 4.79 Å². The van der Waals surface area contributed by atoms with E-state index in [1.165, 1.54) is 28.6 Å². The number of rotatable bonds is 6. The van der Waals surface area contributed by atoms with E-state index in [2.05, 4.69) is 15.3 Å². The fourth-order valence-electron chi connectivity index (χ4n) is 3.14. The Morgan fingerprint density at radius 1 is 1.27 bits per heavy atom. The van der Waals surface area contributed by atoms with Gasteiger partial charge < -0.3 is 10.1 Å². The van der Waals surface area contributed by atoms with Crippen molar-refractivity contribution in [2.75, 3.05) is 12.9 Å². The van der Waals surface area contributed by atoms with Crippen LogP contribution in [0.4, 0.5) is 0 Å². The molecule has 134 valence electrons. The number of nitrogens with zero attached hydrogens (tertiary/aromatic N) is 2. The lowest BCUT2D eigenvalue weighted by Crippen LogP contribution is -2.24. The molecule has 0 atom stereocenters. The minimum Gasteiger partial charge on any atom is -0.497 e. The first-order chi connectivity index (χ1) is 12.7. The van der Waals surface area contributed by atoms with Gasteiger partial charge >= 0.3 is 0 Å². The SMILES string of the molecule is COc1ccc(CNC(=O)CSc2ncnc3sc4c(c23)CCC4)cc1. The third-order valence-electron chi connectivity index (χ3n) is 4.46. The monoisotopic (exact) mass is 385 g/mol. The van der Waals surface area contributed by atoms with Crippen LogP contribution < -0.4 is 10.1 Å². The lowest BCUT2D eigenvalue weighted by Gasteiger charge is -2.07. The highest BCUT2D eigenvalue weighted by molar-refractivity contribution is 8.00. The summed E-state index contributed by atoms with van der Waals surface area (Å²) in [5.41, 5.74) is 2.44. The molecule has 1 aromatic carbocycles. The number of hydrogen-bond donors (Lipinski definition) is 1. The molecule has 3 aromatic rings. The maximum Gasteiger partial charge on any atom is 0.230 e. The molecule has 0 fully saturated rings. The van der Waals surface area contributed by atoms with Gasteiger partial charge in [0.15, 0.2) is 0 Å². The zero-order valence-electron chi connectivity index (χ0n) is 14.4. The lowest BCUT2D eigenvalue weighted by atomic mass is 10.2. The zero-order chi connectivity index (χ0) is 17.9. The summed E-state index contributed by atoms with van der Waals surface area (Å²) < 4.78 is 5.14. The number of aromatic nitrogens is 2. The number of benzene rings is 1. The molecule has 0 saturated carbocycles. The molecule has 1 aliphatic rings. The van der Waals surface area contributed by atoms with Crippen molar-refractivity contribution >= 4 is 39.2 Å². The van der Waals surface area contributed by atoms with Crippen LogP contribution in [-0.4, -0.2) is 28.7 Å². The number of thioether (sulfide) groups is 1. The number of carbonyl (C=O) groups is 1. The second kappa shape index (κ2) is 7.63. The number of thiophene rings is 1. The van der Waals surface area contributed by atoms with E-state index in [1.807, 2.05) is 24.3 Å². The Kier molecular flexibility index (Phi) is 5.08. The van der Waals surface area contributed by atoms with Crippen LogP contribution >= 0.6 is 23.1 Å². The van der Waals surface area contributed by atoms with E-state index in [0.29, 0.717) is 12.3 Å². The second-order valence-corrected chi connectivity index (χ2v) is 8.18. The predicted molar refractivity (Wildman–Crippen MR) is 105 cm³/mol. The van der Waals surface area contributed by atoms with E-state index in [-0.39, 0.29) is 5.91 Å². The molecule has 0 spiro atoms. The van der Waals surface area contributed by atoms with Gasteiger partial charge in [-0.15, -0.1) is 11.3 Å². The summed E-state index contributed by atoms with van der Waals surface area (Å²) in [7, 11) is 1.64. The molecule has 1 amide bonds. The third-order valence-corrected chi connectivity index (χ3v) is 6.64. The summed E-state index contributed by atoms with van der Waals surface area (Å²) in [6.45, 7) is 0.510. The van der Waals surface area contributed by atoms with Gasteiger partial charge in [-0.25, -0.2) is 9.97 Å². The van der Waals surface area contributed by atoms with Crippen molar-refractivity contribution in [3.63, 3.8) is 0 Å². The van der Waals surface area contributed by atoms with Crippen LogP contribution in [0.25, 0.3) is 10.2 Å². The van der Waals surface area contributed by atoms with Crippen LogP contribution in [0.3, 0.4) is 0 Å². The number of methoxy groups -OCH3 is 1. The minimum absolute atomic E-state index is 0.00413. The fourth-order valence-corrected chi connectivity index (χ4v) is 5.29. The van der Waals surface area contributed by atoms with Crippen molar-refractivity contribution < 1.29 is 9.53 Å². The number of aryl methyl sites for hydroxylation is 2. The molecule has 0 saturated heterocycles. The molecule has 0 bridgehead atoms. The smallest absolute Gasteiger partial charge is 0.230 e. The van der Waals surface area contributed by atoms with E-state index < -0.39 is 0 Å². The van der Waals surface area contributed by atoms with Gasteiger partial charge in [0.05, 0.1) is 12.9 Å². The lowest BCUT2D eigenvalue weighted by molar-refractivity contribution is -0.118. The number of amides is 1. The number of fused-ring (bicyclic) bond motifs is 3. The van der Waals surface area contributed by atoms with Crippen molar-refractivity contribution in [1.29, 1.82) is 0 Å². The Labute approximate surface area is 160 Å². The molecular weight excluding hydrogens is 366 g/mol. The average molecular weight is 386 g/mol. The van der Waals surface area contributed by atoms with Crippen molar-refractivity contribution in [3.05, 3.63) is 46.6 Å². The molecule has 26 heavy (non-hydrogen) atoms. The second-order valence-electron chi connectivity index (χ2n) is 6.13. The van der Waals surface area contributed by atoms with Gasteiger partial charge in [-0.05, 0) is 42.5 Å². The Hall–Kier alpha value is -2.12. The maximum absolute atomic E-state index is 12.2. The standard InChI is InChI=1S/C19H19N3O2S2/c1-24-13-7-5-12(6-8-13)9-20-16(23)10-25-18-17-14-3-2-4-15(14)26-19(17)22-11-21-18/h5-8,11H,2-4,9-10H2,1H3,(H,20,23). The van der Waals surface area contributed by atoms with Gasteiger partial charge in [0.25, 0.3) is 0 Å². The van der Waals surface area contributed by atoms with Crippen LogP contribution in [-0.2, 0) is 24.2 Å². The largest absolute Gasteiger partial charge is 0.497 e. The molecular formula is C19H19N3O2S2. The molecule has 0 unspecified atom stereocenters. The van der Waals surface area contributed by atoms with Crippen LogP contribution in [0.15, 0.2) is 35.6 Å². The first-order valence-corrected chi connectivity index (χ1v) is 10.3. The van der Waals surface area contributed by atoms with E-state index >= 15 is 0 Å². The summed E-state index contributed by atoms with van der Waals surface area (Å²) in [6, 6.07) is 7.69. The van der Waals surface area contributed by atoms with Gasteiger partial charge in [0, 0.05) is 16.8 Å². The normalized spacial score (nSPS) is 13.0. The molecule has 4 rings (SSSR count). The Morgan fingerprint density at radius 2 is 2.12 bits per heavy atom. The van der Waals surface area contributed by atoms with E-state index in [4.69, 9.17) is 4.74 Å². The predicted octanol–water partition coefficient (Wildman–Crippen LogP) is 3.60. The molecule has 2 heterocycles. The molecule has 0 aliphatic heterocycles. The van der Waals surface area contributed by atoms with Crippen LogP contribution in [0.5, 0.6) is 5.75 Å². The van der Waals surface area contributed by atoms with E-state index in [0.717, 1.165) is 39.4 Å². The van der Waals surface area contributed by atoms with Crippen LogP contribution in [0, 0.1) is 0 Å². The summed E-state index contributed by atoms with van der Waals surface area (Å²) in [4.78, 5) is 23.5. The van der Waals surface area contributed by atoms with Gasteiger partial charge in [-0.3, -0.25) is 4.79 Å². The third kappa shape index (κ3) is 3.54. The first-order valence-electron chi connectivity index (χ1n) is 8.52. The van der Waals surface area contributed by atoms with Crippen molar-refractivity contribution in [2.24, 2.45) is 0 Å². The number of nitrogens with one attached hydrogen (secondary N) is 1. The van der Waals surface area contributed by atoms with Gasteiger partial charge in [0.1, 0.15) is 21.9 Å². The molecule has 7 heteroatoms. The zero-order valence-corrected chi connectivity index (χ0v) is 16.1. The van der Waals surface area contributed by atoms with E-state index in [1.54, 1.807) is 24.8 Å². The molecule has 1 aliphatic carbocycles. The first kappa shape index (κ1) is 17.3. The molecule has 0 radical (unpaired) electrons. The van der Waals surface area contributed by atoms with Crippen molar-refractivity contribution in [3.8, 4) is 5.75 Å². The van der Waals surface area contributed by atoms with Crippen LogP contribution in [0.1, 0.15) is 22.4 Å². The number of ether oxygens (including phenoxy) is 1. The number of hydrogen-bond acceptors (Lipinski definition) is 6. The number of carbonyl (C=O) groups excluding carboxylic acids is 1. The quantitative estimate of drug-likeness (QED) is 0.519. The Morgan fingerprint density at radius 3 is 2.92 bits per heavy atom. The summed E-state index contributed by atoms with van der Waals surface area (Å²) in [5.74, 6) is 1.17. The maximum atomic E-state index is 12.2. The Bertz CT molecular complexity index is 938. The topological polar surface area (TPSA) is 64.1 Å². The Balaban J connectivity index is 1.38. The van der Waals surface area contributed by atoms with Crippen LogP contribution in [0.2, 0.25) is 0 Å². The molecule has 2 aromatic heterocycles. The van der Waals surface area contributed by atoms with Gasteiger partial charge in [0.2, 0.25) is 5.91 Å². The van der Waals surface area contributed by atoms with Crippen molar-refractivity contribution in [1.82, 2.24) is 15.3 Å². The minimum atomic E-state index is 0.00413.